The second kappa shape index (κ2) is 6.30. The van der Waals surface area contributed by atoms with Gasteiger partial charge in [0.25, 0.3) is 0 Å². The van der Waals surface area contributed by atoms with Crippen molar-refractivity contribution in [3.8, 4) is 5.75 Å². The molecule has 0 saturated heterocycles. The molecule has 1 aliphatic carbocycles. The molecule has 2 aromatic carbocycles. The third-order valence-electron chi connectivity index (χ3n) is 3.88. The quantitative estimate of drug-likeness (QED) is 0.906. The lowest BCUT2D eigenvalue weighted by atomic mass is 10.1. The smallest absolute Gasteiger partial charge is 0.119 e. The first-order valence-corrected chi connectivity index (χ1v) is 8.23. The average Bonchev–Trinajstić information content (AvgIpc) is 2.83. The number of thioether (sulfide) groups is 1. The van der Waals surface area contributed by atoms with E-state index in [1.54, 1.807) is 7.11 Å². The van der Waals surface area contributed by atoms with Gasteiger partial charge in [0.2, 0.25) is 0 Å². The van der Waals surface area contributed by atoms with Gasteiger partial charge in [-0.25, -0.2) is 0 Å². The predicted molar refractivity (Wildman–Crippen MR) is 89.6 cm³/mol. The topological polar surface area (TPSA) is 21.3 Å². The fraction of sp³-hybridized carbons (Fsp3) is 0.294. The van der Waals surface area contributed by atoms with Gasteiger partial charge in [-0.3, -0.25) is 0 Å². The van der Waals surface area contributed by atoms with Crippen LogP contribution in [0.2, 0.25) is 5.02 Å². The number of benzene rings is 2. The highest BCUT2D eigenvalue weighted by Gasteiger charge is 2.32. The molecule has 110 valence electrons. The molecule has 0 bridgehead atoms. The summed E-state index contributed by atoms with van der Waals surface area (Å²) >= 11 is 7.96. The highest BCUT2D eigenvalue weighted by molar-refractivity contribution is 8.00. The van der Waals surface area contributed by atoms with E-state index in [4.69, 9.17) is 16.3 Å². The lowest BCUT2D eigenvalue weighted by molar-refractivity contribution is 0.413. The van der Waals surface area contributed by atoms with Gasteiger partial charge < -0.3 is 10.1 Å². The van der Waals surface area contributed by atoms with E-state index in [1.807, 2.05) is 43.1 Å². The molecule has 2 unspecified atom stereocenters. The van der Waals surface area contributed by atoms with E-state index in [0.29, 0.717) is 11.3 Å². The standard InChI is InChI=1S/C17H18ClNOS/c1-19-17-15-10-13(20-2)7-6-11(15)8-16(17)21-14-5-3-4-12(18)9-14/h3-7,9-10,16-17,19H,8H2,1-2H3. The first-order valence-electron chi connectivity index (χ1n) is 6.97. The number of rotatable bonds is 4. The van der Waals surface area contributed by atoms with Crippen LogP contribution in [0, 0.1) is 0 Å². The third kappa shape index (κ3) is 3.05. The van der Waals surface area contributed by atoms with Crippen molar-refractivity contribution in [1.29, 1.82) is 0 Å². The molecule has 4 heteroatoms. The maximum Gasteiger partial charge on any atom is 0.119 e. The monoisotopic (exact) mass is 319 g/mol. The lowest BCUT2D eigenvalue weighted by Crippen LogP contribution is -2.23. The summed E-state index contributed by atoms with van der Waals surface area (Å²) in [5.41, 5.74) is 2.74. The van der Waals surface area contributed by atoms with Gasteiger partial charge >= 0.3 is 0 Å². The fourth-order valence-corrected chi connectivity index (χ4v) is 4.51. The Labute approximate surface area is 134 Å². The summed E-state index contributed by atoms with van der Waals surface area (Å²) < 4.78 is 5.35. The van der Waals surface area contributed by atoms with Gasteiger partial charge in [-0.15, -0.1) is 11.8 Å². The molecule has 1 N–H and O–H groups in total. The van der Waals surface area contributed by atoms with Crippen molar-refractivity contribution < 1.29 is 4.74 Å². The highest BCUT2D eigenvalue weighted by atomic mass is 35.5. The van der Waals surface area contributed by atoms with Crippen molar-refractivity contribution >= 4 is 23.4 Å². The van der Waals surface area contributed by atoms with E-state index < -0.39 is 0 Å². The van der Waals surface area contributed by atoms with Crippen molar-refractivity contribution in [3.05, 3.63) is 58.6 Å². The fourth-order valence-electron chi connectivity index (χ4n) is 2.88. The van der Waals surface area contributed by atoms with Gasteiger partial charge in [0.05, 0.1) is 7.11 Å². The second-order valence-corrected chi connectivity index (χ2v) is 6.90. The Bertz CT molecular complexity index is 646. The zero-order valence-corrected chi connectivity index (χ0v) is 13.7. The molecular weight excluding hydrogens is 302 g/mol. The van der Waals surface area contributed by atoms with E-state index >= 15 is 0 Å². The molecule has 0 fully saturated rings. The molecule has 21 heavy (non-hydrogen) atoms. The Morgan fingerprint density at radius 2 is 2.10 bits per heavy atom. The molecule has 0 heterocycles. The van der Waals surface area contributed by atoms with Crippen LogP contribution in [0.15, 0.2) is 47.4 Å². The van der Waals surface area contributed by atoms with Crippen LogP contribution < -0.4 is 10.1 Å². The molecule has 2 nitrogen and oxygen atoms in total. The molecule has 0 amide bonds. The van der Waals surface area contributed by atoms with Crippen molar-refractivity contribution in [1.82, 2.24) is 5.32 Å². The van der Waals surface area contributed by atoms with E-state index in [1.165, 1.54) is 16.0 Å². The maximum atomic E-state index is 6.08. The molecule has 0 spiro atoms. The number of fused-ring (bicyclic) bond motifs is 1. The van der Waals surface area contributed by atoms with Gasteiger partial charge in [0.15, 0.2) is 0 Å². The highest BCUT2D eigenvalue weighted by Crippen LogP contribution is 2.42. The minimum absolute atomic E-state index is 0.332. The van der Waals surface area contributed by atoms with Gasteiger partial charge in [-0.1, -0.05) is 23.7 Å². The van der Waals surface area contributed by atoms with E-state index in [0.717, 1.165) is 17.2 Å². The van der Waals surface area contributed by atoms with Crippen molar-refractivity contribution in [2.24, 2.45) is 0 Å². The van der Waals surface area contributed by atoms with E-state index in [-0.39, 0.29) is 0 Å². The van der Waals surface area contributed by atoms with Crippen LogP contribution in [0.3, 0.4) is 0 Å². The average molecular weight is 320 g/mol. The number of ether oxygens (including phenoxy) is 1. The molecule has 0 aromatic heterocycles. The molecule has 3 rings (SSSR count). The number of methoxy groups -OCH3 is 1. The Morgan fingerprint density at radius 1 is 1.24 bits per heavy atom. The number of nitrogens with one attached hydrogen (secondary N) is 1. The van der Waals surface area contributed by atoms with Gasteiger partial charge in [-0.2, -0.15) is 0 Å². The molecular formula is C17H18ClNOS. The Morgan fingerprint density at radius 3 is 2.81 bits per heavy atom. The molecule has 1 aliphatic rings. The Hall–Kier alpha value is -1.16. The van der Waals surface area contributed by atoms with Crippen molar-refractivity contribution in [3.63, 3.8) is 0 Å². The minimum atomic E-state index is 0.332. The van der Waals surface area contributed by atoms with Crippen LogP contribution in [0.25, 0.3) is 0 Å². The number of halogens is 1. The second-order valence-electron chi connectivity index (χ2n) is 5.15. The van der Waals surface area contributed by atoms with E-state index in [2.05, 4.69) is 23.5 Å². The summed E-state index contributed by atoms with van der Waals surface area (Å²) in [5.74, 6) is 0.919. The third-order valence-corrected chi connectivity index (χ3v) is 5.38. The van der Waals surface area contributed by atoms with E-state index in [9.17, 15) is 0 Å². The zero-order valence-electron chi connectivity index (χ0n) is 12.1. The SMILES string of the molecule is CNC1c2cc(OC)ccc2CC1Sc1cccc(Cl)c1. The van der Waals surface area contributed by atoms with Crippen LogP contribution in [-0.2, 0) is 6.42 Å². The minimum Gasteiger partial charge on any atom is -0.497 e. The van der Waals surface area contributed by atoms with Crippen LogP contribution >= 0.6 is 23.4 Å². The van der Waals surface area contributed by atoms with Crippen LogP contribution in [0.5, 0.6) is 5.75 Å². The summed E-state index contributed by atoms with van der Waals surface area (Å²) in [4.78, 5) is 1.22. The molecule has 0 aliphatic heterocycles. The van der Waals surface area contributed by atoms with Crippen molar-refractivity contribution in [2.75, 3.05) is 14.2 Å². The van der Waals surface area contributed by atoms with Gasteiger partial charge in [0.1, 0.15) is 5.75 Å². The molecule has 0 saturated carbocycles. The summed E-state index contributed by atoms with van der Waals surface area (Å²) in [6.07, 6.45) is 1.06. The number of hydrogen-bond donors (Lipinski definition) is 1. The summed E-state index contributed by atoms with van der Waals surface area (Å²) in [7, 11) is 3.73. The molecule has 2 atom stereocenters. The van der Waals surface area contributed by atoms with Gasteiger partial charge in [0, 0.05) is 21.2 Å². The zero-order chi connectivity index (χ0) is 14.8. The number of hydrogen-bond acceptors (Lipinski definition) is 3. The van der Waals surface area contributed by atoms with Crippen LogP contribution in [0.1, 0.15) is 17.2 Å². The Kier molecular flexibility index (Phi) is 4.43. The summed E-state index contributed by atoms with van der Waals surface area (Å²) in [6.45, 7) is 0. The first kappa shape index (κ1) is 14.8. The van der Waals surface area contributed by atoms with Crippen molar-refractivity contribution in [2.45, 2.75) is 22.6 Å². The lowest BCUT2D eigenvalue weighted by Gasteiger charge is -2.19. The summed E-state index contributed by atoms with van der Waals surface area (Å²) in [5, 5.41) is 4.71. The van der Waals surface area contributed by atoms with Crippen LogP contribution in [-0.4, -0.2) is 19.4 Å². The van der Waals surface area contributed by atoms with Crippen LogP contribution in [0.4, 0.5) is 0 Å². The largest absolute Gasteiger partial charge is 0.497 e. The first-order chi connectivity index (χ1) is 10.2. The molecule has 2 aromatic rings. The maximum absolute atomic E-state index is 6.08. The predicted octanol–water partition coefficient (Wildman–Crippen LogP) is 4.33. The summed E-state index contributed by atoms with van der Waals surface area (Å²) in [6, 6.07) is 14.8. The van der Waals surface area contributed by atoms with Gasteiger partial charge in [-0.05, 0) is 54.9 Å². The molecule has 0 radical (unpaired) electrons. The Balaban J connectivity index is 1.85. The normalized spacial score (nSPS) is 20.3.